The van der Waals surface area contributed by atoms with E-state index in [-0.39, 0.29) is 12.0 Å². The molecule has 0 aliphatic carbocycles. The van der Waals surface area contributed by atoms with Crippen molar-refractivity contribution in [1.82, 2.24) is 0 Å². The van der Waals surface area contributed by atoms with Gasteiger partial charge in [0.05, 0.1) is 12.0 Å². The highest BCUT2D eigenvalue weighted by Gasteiger charge is 2.03. The van der Waals surface area contributed by atoms with Gasteiger partial charge in [0.2, 0.25) is 0 Å². The van der Waals surface area contributed by atoms with Crippen molar-refractivity contribution in [2.45, 2.75) is 39.7 Å². The molecule has 88 valence electrons. The van der Waals surface area contributed by atoms with E-state index in [1.807, 2.05) is 19.9 Å². The molecule has 2 unspecified atom stereocenters. The predicted molar refractivity (Wildman–Crippen MR) is 62.7 cm³/mol. The summed E-state index contributed by atoms with van der Waals surface area (Å²) in [6, 6.07) is 0. The van der Waals surface area contributed by atoms with Crippen molar-refractivity contribution in [3.05, 3.63) is 24.8 Å². The van der Waals surface area contributed by atoms with Crippen molar-refractivity contribution in [3.63, 3.8) is 0 Å². The smallest absolute Gasteiger partial charge is 0.310 e. The van der Waals surface area contributed by atoms with Gasteiger partial charge in [-0.15, -0.1) is 6.58 Å². The maximum atomic E-state index is 10.2. The zero-order chi connectivity index (χ0) is 12.3. The van der Waals surface area contributed by atoms with Crippen LogP contribution in [0, 0.1) is 5.92 Å². The van der Waals surface area contributed by atoms with Gasteiger partial charge in [0.1, 0.15) is 0 Å². The molecule has 0 bridgehead atoms. The van der Waals surface area contributed by atoms with E-state index in [0.717, 1.165) is 12.8 Å². The Balaban J connectivity index is 0. The van der Waals surface area contributed by atoms with E-state index >= 15 is 0 Å². The molecule has 0 radical (unpaired) electrons. The number of carboxylic acid groups (broad SMARTS) is 1. The Morgan fingerprint density at radius 1 is 1.47 bits per heavy atom. The van der Waals surface area contributed by atoms with E-state index < -0.39 is 5.97 Å². The van der Waals surface area contributed by atoms with Gasteiger partial charge in [0, 0.05) is 0 Å². The number of rotatable bonds is 5. The third kappa shape index (κ3) is 12.9. The van der Waals surface area contributed by atoms with Crippen LogP contribution in [0.2, 0.25) is 0 Å². The second kappa shape index (κ2) is 11.0. The van der Waals surface area contributed by atoms with Crippen LogP contribution < -0.4 is 0 Å². The summed E-state index contributed by atoms with van der Waals surface area (Å²) < 4.78 is 0. The molecule has 0 aromatic heterocycles. The number of carboxylic acids is 1. The molecule has 0 saturated carbocycles. The topological polar surface area (TPSA) is 57.5 Å². The van der Waals surface area contributed by atoms with Gasteiger partial charge in [-0.2, -0.15) is 0 Å². The molecule has 0 fully saturated rings. The van der Waals surface area contributed by atoms with Crippen LogP contribution in [0.3, 0.4) is 0 Å². The number of aliphatic carboxylic acids is 1. The minimum Gasteiger partial charge on any atom is -0.481 e. The molecule has 0 aliphatic heterocycles. The zero-order valence-electron chi connectivity index (χ0n) is 9.81. The van der Waals surface area contributed by atoms with Crippen molar-refractivity contribution in [3.8, 4) is 0 Å². The Hall–Kier alpha value is -1.09. The maximum absolute atomic E-state index is 10.2. The maximum Gasteiger partial charge on any atom is 0.310 e. The normalized spacial score (nSPS) is 13.9. The molecule has 0 aromatic rings. The summed E-state index contributed by atoms with van der Waals surface area (Å²) in [5, 5.41) is 16.9. The Morgan fingerprint density at radius 3 is 2.20 bits per heavy atom. The summed E-state index contributed by atoms with van der Waals surface area (Å²) in [5.41, 5.74) is 0. The third-order valence-corrected chi connectivity index (χ3v) is 1.74. The molecule has 0 amide bonds. The van der Waals surface area contributed by atoms with Gasteiger partial charge in [-0.3, -0.25) is 4.79 Å². The largest absolute Gasteiger partial charge is 0.481 e. The highest BCUT2D eigenvalue weighted by Crippen LogP contribution is 1.96. The van der Waals surface area contributed by atoms with E-state index in [2.05, 4.69) is 6.58 Å². The van der Waals surface area contributed by atoms with E-state index in [1.165, 1.54) is 6.08 Å². The summed E-state index contributed by atoms with van der Waals surface area (Å²) in [5.74, 6) is -1.11. The second-order valence-electron chi connectivity index (χ2n) is 3.17. The molecular weight excluding hydrogens is 192 g/mol. The van der Waals surface area contributed by atoms with Gasteiger partial charge in [0.15, 0.2) is 0 Å². The van der Waals surface area contributed by atoms with Crippen LogP contribution in [0.5, 0.6) is 0 Å². The van der Waals surface area contributed by atoms with Crippen LogP contribution in [-0.4, -0.2) is 22.3 Å². The van der Waals surface area contributed by atoms with Crippen LogP contribution in [0.15, 0.2) is 24.8 Å². The predicted octanol–water partition coefficient (Wildman–Crippen LogP) is 2.62. The monoisotopic (exact) mass is 214 g/mol. The number of hydrogen-bond acceptors (Lipinski definition) is 2. The first-order valence-corrected chi connectivity index (χ1v) is 5.19. The number of aliphatic hydroxyl groups excluding tert-OH is 1. The number of carbonyl (C=O) groups is 1. The third-order valence-electron chi connectivity index (χ3n) is 1.74. The minimum absolute atomic E-state index is 0.301. The Kier molecular flexibility index (Phi) is 12.0. The van der Waals surface area contributed by atoms with Gasteiger partial charge in [-0.05, 0) is 19.8 Å². The van der Waals surface area contributed by atoms with Gasteiger partial charge in [0.25, 0.3) is 0 Å². The summed E-state index contributed by atoms with van der Waals surface area (Å²) in [6.45, 7) is 8.93. The quantitative estimate of drug-likeness (QED) is 0.692. The van der Waals surface area contributed by atoms with Crippen molar-refractivity contribution >= 4 is 5.97 Å². The van der Waals surface area contributed by atoms with Gasteiger partial charge >= 0.3 is 5.97 Å². The van der Waals surface area contributed by atoms with Gasteiger partial charge in [-0.25, -0.2) is 0 Å². The molecule has 0 aromatic carbocycles. The second-order valence-corrected chi connectivity index (χ2v) is 3.17. The fourth-order valence-electron chi connectivity index (χ4n) is 0.589. The van der Waals surface area contributed by atoms with E-state index in [1.54, 1.807) is 13.0 Å². The molecule has 0 spiro atoms. The molecule has 2 atom stereocenters. The van der Waals surface area contributed by atoms with Gasteiger partial charge < -0.3 is 10.2 Å². The molecule has 0 rings (SSSR count). The number of aliphatic hydroxyl groups is 1. The summed E-state index contributed by atoms with van der Waals surface area (Å²) >= 11 is 0. The lowest BCUT2D eigenvalue weighted by molar-refractivity contribution is -0.139. The van der Waals surface area contributed by atoms with Crippen molar-refractivity contribution < 1.29 is 15.0 Å². The van der Waals surface area contributed by atoms with Crippen molar-refractivity contribution in [2.75, 3.05) is 0 Å². The summed E-state index contributed by atoms with van der Waals surface area (Å²) in [6.07, 6.45) is 6.45. The first-order valence-electron chi connectivity index (χ1n) is 5.19. The van der Waals surface area contributed by atoms with E-state index in [0.29, 0.717) is 0 Å². The Labute approximate surface area is 92.1 Å². The van der Waals surface area contributed by atoms with E-state index in [4.69, 9.17) is 10.2 Å². The fourth-order valence-corrected chi connectivity index (χ4v) is 0.589. The Bertz CT molecular complexity index is 197. The molecular formula is C12H22O3. The Morgan fingerprint density at radius 2 is 2.00 bits per heavy atom. The lowest BCUT2D eigenvalue weighted by atomic mass is 10.1. The van der Waals surface area contributed by atoms with Gasteiger partial charge in [-0.1, -0.05) is 32.1 Å². The van der Waals surface area contributed by atoms with Crippen LogP contribution in [0.1, 0.15) is 33.6 Å². The first-order chi connectivity index (χ1) is 6.99. The standard InChI is InChI=1S/C7H12O2.C5H10O/c1-3-4-5-6(2)7(8)9;1-3-5(6)4-2/h4-6H,3H2,1-2H3,(H,8,9);3,5-6H,1,4H2,2H3. The van der Waals surface area contributed by atoms with Crippen molar-refractivity contribution in [1.29, 1.82) is 0 Å². The van der Waals surface area contributed by atoms with Crippen LogP contribution in [0.25, 0.3) is 0 Å². The highest BCUT2D eigenvalue weighted by molar-refractivity contribution is 5.71. The minimum atomic E-state index is -0.764. The SMILES string of the molecule is C=CC(O)CC.CCC=CC(C)C(=O)O. The highest BCUT2D eigenvalue weighted by atomic mass is 16.4. The average molecular weight is 214 g/mol. The van der Waals surface area contributed by atoms with Crippen LogP contribution in [0.4, 0.5) is 0 Å². The molecule has 3 heteroatoms. The van der Waals surface area contributed by atoms with E-state index in [9.17, 15) is 4.79 Å². The molecule has 0 heterocycles. The lowest BCUT2D eigenvalue weighted by Gasteiger charge is -1.94. The summed E-state index contributed by atoms with van der Waals surface area (Å²) in [4.78, 5) is 10.2. The molecule has 15 heavy (non-hydrogen) atoms. The zero-order valence-corrected chi connectivity index (χ0v) is 9.81. The number of allylic oxidation sites excluding steroid dienone is 1. The molecule has 0 saturated heterocycles. The molecule has 0 aliphatic rings. The first kappa shape index (κ1) is 16.3. The lowest BCUT2D eigenvalue weighted by Crippen LogP contribution is -2.05. The summed E-state index contributed by atoms with van der Waals surface area (Å²) in [7, 11) is 0. The van der Waals surface area contributed by atoms with Crippen LogP contribution in [-0.2, 0) is 4.79 Å². The fraction of sp³-hybridized carbons (Fsp3) is 0.583. The molecule has 3 nitrogen and oxygen atoms in total. The molecule has 2 N–H and O–H groups in total. The average Bonchev–Trinajstić information content (AvgIpc) is 2.25. The van der Waals surface area contributed by atoms with Crippen molar-refractivity contribution in [2.24, 2.45) is 5.92 Å². The van der Waals surface area contributed by atoms with Crippen LogP contribution >= 0.6 is 0 Å². The number of hydrogen-bond donors (Lipinski definition) is 2.